The van der Waals surface area contributed by atoms with E-state index in [1.807, 2.05) is 44.2 Å². The molecule has 152 valence electrons. The molecule has 5 heteroatoms. The Bertz CT molecular complexity index is 1060. The van der Waals surface area contributed by atoms with Crippen molar-refractivity contribution in [2.24, 2.45) is 5.92 Å². The van der Waals surface area contributed by atoms with Gasteiger partial charge in [0.1, 0.15) is 16.9 Å². The molecule has 3 aromatic rings. The number of para-hydroxylation sites is 1. The van der Waals surface area contributed by atoms with Gasteiger partial charge >= 0.3 is 5.97 Å². The van der Waals surface area contributed by atoms with Gasteiger partial charge < -0.3 is 9.84 Å². The Morgan fingerprint density at radius 1 is 1.00 bits per heavy atom. The third-order valence-electron chi connectivity index (χ3n) is 5.34. The van der Waals surface area contributed by atoms with Gasteiger partial charge in [0.2, 0.25) is 0 Å². The number of carbonyl (C=O) groups is 1. The van der Waals surface area contributed by atoms with Gasteiger partial charge in [-0.05, 0) is 53.4 Å². The first kappa shape index (κ1) is 21.4. The molecule has 1 N–H and O–H groups in total. The van der Waals surface area contributed by atoms with Crippen molar-refractivity contribution < 1.29 is 14.6 Å². The van der Waals surface area contributed by atoms with Crippen LogP contribution < -0.4 is 4.74 Å². The molecule has 4 nitrogen and oxygen atoms in total. The summed E-state index contributed by atoms with van der Waals surface area (Å²) in [5, 5.41) is 21.0. The van der Waals surface area contributed by atoms with Gasteiger partial charge in [-0.15, -0.1) is 0 Å². The Labute approximate surface area is 181 Å². The van der Waals surface area contributed by atoms with Crippen LogP contribution in [0.15, 0.2) is 78.9 Å². The first-order valence-corrected chi connectivity index (χ1v) is 9.99. The minimum absolute atomic E-state index is 0.362. The zero-order chi connectivity index (χ0) is 21.7. The zero-order valence-corrected chi connectivity index (χ0v) is 17.5. The van der Waals surface area contributed by atoms with Crippen molar-refractivity contribution in [1.29, 1.82) is 5.26 Å². The molecule has 0 aliphatic rings. The van der Waals surface area contributed by atoms with Crippen molar-refractivity contribution >= 4 is 17.6 Å². The second kappa shape index (κ2) is 9.02. The maximum Gasteiger partial charge on any atom is 0.316 e. The third kappa shape index (κ3) is 4.03. The van der Waals surface area contributed by atoms with E-state index in [1.54, 1.807) is 48.5 Å². The van der Waals surface area contributed by atoms with E-state index >= 15 is 0 Å². The van der Waals surface area contributed by atoms with Crippen LogP contribution >= 0.6 is 11.6 Å². The Hall–Kier alpha value is -3.29. The van der Waals surface area contributed by atoms with Crippen molar-refractivity contribution in [3.8, 4) is 17.6 Å². The second-order valence-electron chi connectivity index (χ2n) is 7.39. The Morgan fingerprint density at radius 3 is 2.20 bits per heavy atom. The molecule has 0 bridgehead atoms. The van der Waals surface area contributed by atoms with Crippen LogP contribution in [0.5, 0.6) is 11.5 Å². The summed E-state index contributed by atoms with van der Waals surface area (Å²) in [5.74, 6) is -1.15. The molecule has 2 atom stereocenters. The standard InChI is InChI=1S/C25H22ClNO3/c1-17(2)25(24(28)29,19-11-13-20(26)14-12-19)23(16-27)18-7-6-10-22(15-18)30-21-8-4-3-5-9-21/h3-15,17,23H,1-2H3,(H,28,29)/t23-,25+/m0/s1. The number of nitrogens with zero attached hydrogens (tertiary/aromatic N) is 1. The lowest BCUT2D eigenvalue weighted by atomic mass is 9.62. The molecule has 0 spiro atoms. The Balaban J connectivity index is 2.11. The summed E-state index contributed by atoms with van der Waals surface area (Å²) in [6, 6.07) is 25.3. The summed E-state index contributed by atoms with van der Waals surface area (Å²) >= 11 is 6.02. The monoisotopic (exact) mass is 419 g/mol. The van der Waals surface area contributed by atoms with Crippen LogP contribution in [0.25, 0.3) is 0 Å². The smallest absolute Gasteiger partial charge is 0.316 e. The minimum Gasteiger partial charge on any atom is -0.481 e. The summed E-state index contributed by atoms with van der Waals surface area (Å²) in [6.07, 6.45) is 0. The average Bonchev–Trinajstić information content (AvgIpc) is 2.73. The molecule has 0 fully saturated rings. The number of ether oxygens (including phenoxy) is 1. The Morgan fingerprint density at radius 2 is 1.63 bits per heavy atom. The first-order valence-electron chi connectivity index (χ1n) is 9.61. The predicted molar refractivity (Wildman–Crippen MR) is 117 cm³/mol. The lowest BCUT2D eigenvalue weighted by Gasteiger charge is -2.38. The average molecular weight is 420 g/mol. The molecule has 0 unspecified atom stereocenters. The number of benzene rings is 3. The predicted octanol–water partition coefficient (Wildman–Crippen LogP) is 6.42. The van der Waals surface area contributed by atoms with E-state index in [9.17, 15) is 15.2 Å². The fourth-order valence-electron chi connectivity index (χ4n) is 3.87. The van der Waals surface area contributed by atoms with E-state index in [0.717, 1.165) is 0 Å². The van der Waals surface area contributed by atoms with Crippen LogP contribution in [0, 0.1) is 17.2 Å². The van der Waals surface area contributed by atoms with Gasteiger partial charge in [-0.2, -0.15) is 5.26 Å². The quantitative estimate of drug-likeness (QED) is 0.479. The van der Waals surface area contributed by atoms with E-state index in [2.05, 4.69) is 6.07 Å². The molecular formula is C25H22ClNO3. The molecule has 0 saturated heterocycles. The lowest BCUT2D eigenvalue weighted by molar-refractivity contribution is -0.146. The Kier molecular flexibility index (Phi) is 6.44. The van der Waals surface area contributed by atoms with Crippen molar-refractivity contribution in [3.05, 3.63) is 95.0 Å². The number of carboxylic acid groups (broad SMARTS) is 1. The lowest BCUT2D eigenvalue weighted by Crippen LogP contribution is -2.46. The van der Waals surface area contributed by atoms with E-state index in [1.165, 1.54) is 0 Å². The van der Waals surface area contributed by atoms with Gasteiger partial charge in [0.15, 0.2) is 0 Å². The summed E-state index contributed by atoms with van der Waals surface area (Å²) in [6.45, 7) is 3.63. The molecule has 0 radical (unpaired) electrons. The highest BCUT2D eigenvalue weighted by atomic mass is 35.5. The van der Waals surface area contributed by atoms with Crippen molar-refractivity contribution in [3.63, 3.8) is 0 Å². The number of nitriles is 1. The van der Waals surface area contributed by atoms with Crippen LogP contribution in [0.2, 0.25) is 5.02 Å². The van der Waals surface area contributed by atoms with Gasteiger partial charge in [-0.1, -0.05) is 67.9 Å². The maximum atomic E-state index is 12.7. The van der Waals surface area contributed by atoms with E-state index in [-0.39, 0.29) is 5.92 Å². The topological polar surface area (TPSA) is 70.3 Å². The summed E-state index contributed by atoms with van der Waals surface area (Å²) in [5.41, 5.74) is -0.336. The molecule has 0 heterocycles. The van der Waals surface area contributed by atoms with E-state index in [4.69, 9.17) is 16.3 Å². The number of carboxylic acids is 1. The number of hydrogen-bond acceptors (Lipinski definition) is 3. The fraction of sp³-hybridized carbons (Fsp3) is 0.200. The van der Waals surface area contributed by atoms with Crippen LogP contribution in [0.1, 0.15) is 30.9 Å². The molecular weight excluding hydrogens is 398 g/mol. The summed E-state index contributed by atoms with van der Waals surface area (Å²) in [4.78, 5) is 12.7. The van der Waals surface area contributed by atoms with Crippen molar-refractivity contribution in [2.45, 2.75) is 25.2 Å². The van der Waals surface area contributed by atoms with Gasteiger partial charge in [-0.25, -0.2) is 0 Å². The number of hydrogen-bond donors (Lipinski definition) is 1. The van der Waals surface area contributed by atoms with Gasteiger partial charge in [0, 0.05) is 5.02 Å². The largest absolute Gasteiger partial charge is 0.481 e. The molecule has 30 heavy (non-hydrogen) atoms. The van der Waals surface area contributed by atoms with Crippen LogP contribution in [-0.2, 0) is 10.2 Å². The molecule has 0 saturated carbocycles. The number of aliphatic carboxylic acids is 1. The first-order chi connectivity index (χ1) is 14.4. The highest BCUT2D eigenvalue weighted by Gasteiger charge is 2.51. The van der Waals surface area contributed by atoms with Crippen LogP contribution in [0.3, 0.4) is 0 Å². The number of rotatable bonds is 7. The molecule has 0 aliphatic heterocycles. The van der Waals surface area contributed by atoms with Crippen molar-refractivity contribution in [2.75, 3.05) is 0 Å². The second-order valence-corrected chi connectivity index (χ2v) is 7.82. The third-order valence-corrected chi connectivity index (χ3v) is 5.59. The molecule has 0 aromatic heterocycles. The van der Waals surface area contributed by atoms with Gasteiger partial charge in [0.05, 0.1) is 12.0 Å². The van der Waals surface area contributed by atoms with Crippen LogP contribution in [-0.4, -0.2) is 11.1 Å². The fourth-order valence-corrected chi connectivity index (χ4v) is 4.00. The summed E-state index contributed by atoms with van der Waals surface area (Å²) in [7, 11) is 0. The van der Waals surface area contributed by atoms with E-state index in [0.29, 0.717) is 27.6 Å². The van der Waals surface area contributed by atoms with Crippen LogP contribution in [0.4, 0.5) is 0 Å². The zero-order valence-electron chi connectivity index (χ0n) is 16.7. The van der Waals surface area contributed by atoms with Gasteiger partial charge in [0.25, 0.3) is 0 Å². The highest BCUT2D eigenvalue weighted by Crippen LogP contribution is 2.46. The van der Waals surface area contributed by atoms with Crippen molar-refractivity contribution in [1.82, 2.24) is 0 Å². The molecule has 3 rings (SSSR count). The number of halogens is 1. The summed E-state index contributed by atoms with van der Waals surface area (Å²) < 4.78 is 5.89. The normalized spacial score (nSPS) is 13.8. The SMILES string of the molecule is CC(C)[C@@](C(=O)O)(c1ccc(Cl)cc1)[C@@H](C#N)c1cccc(Oc2ccccc2)c1. The minimum atomic E-state index is -1.45. The maximum absolute atomic E-state index is 12.7. The molecule has 0 amide bonds. The highest BCUT2D eigenvalue weighted by molar-refractivity contribution is 6.30. The molecule has 3 aromatic carbocycles. The van der Waals surface area contributed by atoms with E-state index < -0.39 is 17.3 Å². The molecule has 0 aliphatic carbocycles. The van der Waals surface area contributed by atoms with Gasteiger partial charge in [-0.3, -0.25) is 4.79 Å².